The Morgan fingerprint density at radius 1 is 0.400 bits per heavy atom. The molecule has 0 aromatic heterocycles. The van der Waals surface area contributed by atoms with E-state index < -0.39 is 20.3 Å². The summed E-state index contributed by atoms with van der Waals surface area (Å²) in [4.78, 5) is 0. The predicted octanol–water partition coefficient (Wildman–Crippen LogP) is 5.60. The molecule has 4 aromatic rings. The number of benzene rings is 4. The van der Waals surface area contributed by atoms with E-state index >= 15 is 0 Å². The minimum Gasteiger partial charge on any atom is -0.227 e. The quantitative estimate of drug-likeness (QED) is 0.368. The van der Waals surface area contributed by atoms with Gasteiger partial charge in [0, 0.05) is 51.4 Å². The zero-order valence-corrected chi connectivity index (χ0v) is 20.9. The van der Waals surface area contributed by atoms with Crippen LogP contribution in [-0.2, 0) is 9.84 Å². The second-order valence-electron chi connectivity index (χ2n) is 6.99. The fraction of sp³-hybridized carbons (Fsp3) is 0.0769. The van der Waals surface area contributed by atoms with E-state index in [2.05, 4.69) is 0 Å². The Labute approximate surface area is 221 Å². The molecular formula is C26H22KO2S. The van der Waals surface area contributed by atoms with Crippen molar-refractivity contribution in [1.29, 1.82) is 0 Å². The first kappa shape index (κ1) is 23.1. The van der Waals surface area contributed by atoms with Crippen LogP contribution in [0.4, 0.5) is 0 Å². The first-order chi connectivity index (χ1) is 14.2. The molecule has 4 aromatic carbocycles. The predicted molar refractivity (Wildman–Crippen MR) is 124 cm³/mol. The van der Waals surface area contributed by atoms with Crippen molar-refractivity contribution in [1.82, 2.24) is 0 Å². The van der Waals surface area contributed by atoms with Crippen molar-refractivity contribution in [3.63, 3.8) is 0 Å². The van der Waals surface area contributed by atoms with Crippen molar-refractivity contribution >= 4 is 61.2 Å². The van der Waals surface area contributed by atoms with Crippen LogP contribution in [0.3, 0.4) is 0 Å². The number of hydrogen-bond donors (Lipinski definition) is 0. The van der Waals surface area contributed by atoms with Crippen LogP contribution in [0.2, 0.25) is 0 Å². The fourth-order valence-electron chi connectivity index (χ4n) is 3.79. The molecule has 0 amide bonds. The van der Waals surface area contributed by atoms with Crippen molar-refractivity contribution in [2.75, 3.05) is 0 Å². The molecule has 145 valence electrons. The second kappa shape index (κ2) is 10.7. The van der Waals surface area contributed by atoms with Crippen LogP contribution in [0, 0.1) is 0 Å². The molecule has 0 atom stereocenters. The van der Waals surface area contributed by atoms with Crippen molar-refractivity contribution in [2.24, 2.45) is 0 Å². The molecule has 0 heterocycles. The normalized spacial score (nSPS) is 11.3. The smallest absolute Gasteiger partial charge is 0.172 e. The van der Waals surface area contributed by atoms with Gasteiger partial charge in [0.25, 0.3) is 0 Å². The van der Waals surface area contributed by atoms with Gasteiger partial charge in [0.05, 0.1) is 0 Å². The molecule has 30 heavy (non-hydrogen) atoms. The summed E-state index contributed by atoms with van der Waals surface area (Å²) in [5.41, 5.74) is 3.09. The van der Waals surface area contributed by atoms with Gasteiger partial charge in [0.2, 0.25) is 0 Å². The van der Waals surface area contributed by atoms with Crippen LogP contribution in [-0.4, -0.2) is 59.8 Å². The molecule has 0 saturated carbocycles. The second-order valence-corrected chi connectivity index (χ2v) is 9.11. The standard InChI is InChI=1S/C26H22O2S.K/c27-29(28,25(21-13-5-1-6-14-21)22-15-7-2-8-16-22)26(23-17-9-3-10-18-23)24-19-11-4-12-20-24;/h1-20,25-26H;. The van der Waals surface area contributed by atoms with Crippen LogP contribution in [0.25, 0.3) is 0 Å². The van der Waals surface area contributed by atoms with Gasteiger partial charge in [-0.1, -0.05) is 121 Å². The van der Waals surface area contributed by atoms with Crippen LogP contribution in [0.5, 0.6) is 0 Å². The monoisotopic (exact) mass is 437 g/mol. The Hall–Kier alpha value is -1.53. The Morgan fingerprint density at radius 2 is 0.600 bits per heavy atom. The number of sulfone groups is 1. The van der Waals surface area contributed by atoms with E-state index in [1.165, 1.54) is 0 Å². The van der Waals surface area contributed by atoms with E-state index in [1.54, 1.807) is 0 Å². The minimum atomic E-state index is -3.68. The molecule has 0 unspecified atom stereocenters. The molecule has 0 aliphatic carbocycles. The molecule has 0 aliphatic heterocycles. The van der Waals surface area contributed by atoms with Gasteiger partial charge in [0.1, 0.15) is 10.5 Å². The van der Waals surface area contributed by atoms with Crippen LogP contribution >= 0.6 is 0 Å². The van der Waals surface area contributed by atoms with E-state index in [-0.39, 0.29) is 51.4 Å². The molecule has 0 bridgehead atoms. The largest absolute Gasteiger partial charge is 0.227 e. The van der Waals surface area contributed by atoms with Crippen molar-refractivity contribution in [3.05, 3.63) is 144 Å². The number of rotatable bonds is 6. The summed E-state index contributed by atoms with van der Waals surface area (Å²) in [7, 11) is -3.68. The average Bonchev–Trinajstić information content (AvgIpc) is 2.77. The SMILES string of the molecule is O=S(=O)(C(c1ccccc1)c1ccccc1)C(c1ccccc1)c1ccccc1.[K]. The van der Waals surface area contributed by atoms with Crippen LogP contribution in [0.15, 0.2) is 121 Å². The van der Waals surface area contributed by atoms with Crippen molar-refractivity contribution in [2.45, 2.75) is 10.5 Å². The number of hydrogen-bond acceptors (Lipinski definition) is 2. The summed E-state index contributed by atoms with van der Waals surface area (Å²) >= 11 is 0. The molecule has 0 fully saturated rings. The molecule has 0 saturated heterocycles. The third-order valence-corrected chi connectivity index (χ3v) is 7.47. The Balaban J connectivity index is 0.00000256. The molecule has 0 aliphatic rings. The Morgan fingerprint density at radius 3 is 0.800 bits per heavy atom. The molecule has 0 spiro atoms. The average molecular weight is 438 g/mol. The molecule has 0 N–H and O–H groups in total. The zero-order valence-electron chi connectivity index (χ0n) is 16.9. The summed E-state index contributed by atoms with van der Waals surface area (Å²) in [5, 5.41) is -1.51. The van der Waals surface area contributed by atoms with Crippen LogP contribution in [0.1, 0.15) is 32.8 Å². The first-order valence-electron chi connectivity index (χ1n) is 9.60. The van der Waals surface area contributed by atoms with E-state index in [4.69, 9.17) is 0 Å². The maximum Gasteiger partial charge on any atom is 0.172 e. The minimum absolute atomic E-state index is 0. The molecule has 4 rings (SSSR count). The van der Waals surface area contributed by atoms with E-state index in [0.717, 1.165) is 22.3 Å². The van der Waals surface area contributed by atoms with Gasteiger partial charge in [0.15, 0.2) is 9.84 Å². The van der Waals surface area contributed by atoms with Crippen molar-refractivity contribution in [3.8, 4) is 0 Å². The zero-order chi connectivity index (χ0) is 20.1. The summed E-state index contributed by atoms with van der Waals surface area (Å²) in [6, 6.07) is 37.9. The fourth-order valence-corrected chi connectivity index (χ4v) is 6.21. The summed E-state index contributed by atoms with van der Waals surface area (Å²) in [6.07, 6.45) is 0. The van der Waals surface area contributed by atoms with Gasteiger partial charge in [-0.3, -0.25) is 0 Å². The van der Waals surface area contributed by atoms with E-state index in [0.29, 0.717) is 0 Å². The summed E-state index contributed by atoms with van der Waals surface area (Å²) in [5.74, 6) is 0. The topological polar surface area (TPSA) is 34.1 Å². The summed E-state index contributed by atoms with van der Waals surface area (Å²) < 4.78 is 28.5. The van der Waals surface area contributed by atoms with Crippen LogP contribution < -0.4 is 0 Å². The van der Waals surface area contributed by atoms with E-state index in [9.17, 15) is 8.42 Å². The maximum atomic E-state index is 14.2. The van der Waals surface area contributed by atoms with Gasteiger partial charge in [-0.15, -0.1) is 0 Å². The van der Waals surface area contributed by atoms with Gasteiger partial charge >= 0.3 is 0 Å². The Bertz CT molecular complexity index is 979. The Kier molecular flexibility index (Phi) is 8.23. The first-order valence-corrected chi connectivity index (χ1v) is 11.2. The van der Waals surface area contributed by atoms with Gasteiger partial charge in [-0.2, -0.15) is 0 Å². The third-order valence-electron chi connectivity index (χ3n) is 5.07. The maximum absolute atomic E-state index is 14.2. The molecule has 1 radical (unpaired) electrons. The molecule has 4 heteroatoms. The molecule has 2 nitrogen and oxygen atoms in total. The van der Waals surface area contributed by atoms with Gasteiger partial charge in [-0.05, 0) is 22.3 Å². The van der Waals surface area contributed by atoms with Gasteiger partial charge < -0.3 is 0 Å². The third kappa shape index (κ3) is 5.02. The van der Waals surface area contributed by atoms with Crippen molar-refractivity contribution < 1.29 is 8.42 Å². The molecular weight excluding hydrogens is 415 g/mol. The summed E-state index contributed by atoms with van der Waals surface area (Å²) in [6.45, 7) is 0. The van der Waals surface area contributed by atoms with E-state index in [1.807, 2.05) is 121 Å². The van der Waals surface area contributed by atoms with Gasteiger partial charge in [-0.25, -0.2) is 8.42 Å².